The lowest BCUT2D eigenvalue weighted by Crippen LogP contribution is -2.15. The number of nitrogens with zero attached hydrogens (tertiary/aromatic N) is 2. The average molecular weight is 368 g/mol. The van der Waals surface area contributed by atoms with Crippen molar-refractivity contribution in [3.8, 4) is 0 Å². The Kier molecular flexibility index (Phi) is 4.10. The normalized spacial score (nSPS) is 12.7. The Balaban J connectivity index is 2.40. The number of pyridine rings is 1. The maximum atomic E-state index is 13.4. The minimum atomic E-state index is -4.67. The van der Waals surface area contributed by atoms with Crippen LogP contribution in [0.2, 0.25) is 0 Å². The first kappa shape index (κ1) is 17.5. The van der Waals surface area contributed by atoms with Crippen LogP contribution in [0.1, 0.15) is 24.0 Å². The Morgan fingerprint density at radius 1 is 1.12 bits per heavy atom. The fraction of sp³-hybridized carbons (Fsp3) is 0.235. The van der Waals surface area contributed by atoms with Crippen molar-refractivity contribution < 1.29 is 21.6 Å². The van der Waals surface area contributed by atoms with Crippen molar-refractivity contribution in [2.45, 2.75) is 31.3 Å². The largest absolute Gasteiger partial charge is 0.434 e. The quantitative estimate of drug-likeness (QED) is 0.697. The predicted molar refractivity (Wildman–Crippen MR) is 87.9 cm³/mol. The fourth-order valence-corrected chi connectivity index (χ4v) is 4.33. The highest BCUT2D eigenvalue weighted by Crippen LogP contribution is 2.36. The van der Waals surface area contributed by atoms with Gasteiger partial charge in [-0.3, -0.25) is 0 Å². The molecule has 0 unspecified atom stereocenters. The Hall–Kier alpha value is -2.35. The van der Waals surface area contributed by atoms with E-state index < -0.39 is 21.9 Å². The second kappa shape index (κ2) is 5.87. The Bertz CT molecular complexity index is 1040. The summed E-state index contributed by atoms with van der Waals surface area (Å²) in [6, 6.07) is 10.2. The molecule has 0 fully saturated rings. The molecule has 4 nitrogen and oxygen atoms in total. The van der Waals surface area contributed by atoms with E-state index in [1.54, 1.807) is 25.1 Å². The molecule has 0 saturated carbocycles. The lowest BCUT2D eigenvalue weighted by atomic mass is 10.2. The number of hydrogen-bond acceptors (Lipinski definition) is 3. The van der Waals surface area contributed by atoms with Gasteiger partial charge < -0.3 is 0 Å². The topological polar surface area (TPSA) is 52.0 Å². The fourth-order valence-electron chi connectivity index (χ4n) is 2.77. The van der Waals surface area contributed by atoms with Gasteiger partial charge in [0.25, 0.3) is 10.0 Å². The molecule has 0 radical (unpaired) electrons. The van der Waals surface area contributed by atoms with Crippen LogP contribution in [0.25, 0.3) is 10.9 Å². The third kappa shape index (κ3) is 2.90. The highest BCUT2D eigenvalue weighted by atomic mass is 32.2. The van der Waals surface area contributed by atoms with Crippen LogP contribution in [0, 0.1) is 6.92 Å². The first-order valence-corrected chi connectivity index (χ1v) is 9.00. The van der Waals surface area contributed by atoms with Gasteiger partial charge in [-0.2, -0.15) is 13.2 Å². The van der Waals surface area contributed by atoms with Crippen molar-refractivity contribution in [2.75, 3.05) is 0 Å². The Morgan fingerprint density at radius 2 is 1.76 bits per heavy atom. The molecule has 0 aliphatic rings. The number of halogens is 3. The maximum absolute atomic E-state index is 13.4. The molecule has 2 heterocycles. The van der Waals surface area contributed by atoms with Crippen molar-refractivity contribution >= 4 is 20.9 Å². The molecule has 0 saturated heterocycles. The molecule has 0 bridgehead atoms. The van der Waals surface area contributed by atoms with Crippen molar-refractivity contribution in [1.82, 2.24) is 8.96 Å². The van der Waals surface area contributed by atoms with Gasteiger partial charge in [-0.15, -0.1) is 0 Å². The van der Waals surface area contributed by atoms with Crippen LogP contribution in [0.5, 0.6) is 0 Å². The van der Waals surface area contributed by atoms with Crippen molar-refractivity contribution in [3.63, 3.8) is 0 Å². The van der Waals surface area contributed by atoms with Crippen LogP contribution in [0.3, 0.4) is 0 Å². The maximum Gasteiger partial charge on any atom is 0.434 e. The van der Waals surface area contributed by atoms with E-state index in [0.29, 0.717) is 0 Å². The van der Waals surface area contributed by atoms with Crippen LogP contribution in [0.15, 0.2) is 47.4 Å². The summed E-state index contributed by atoms with van der Waals surface area (Å²) in [4.78, 5) is 3.68. The molecule has 3 aromatic rings. The second-order valence-electron chi connectivity index (χ2n) is 5.61. The molecule has 8 heteroatoms. The average Bonchev–Trinajstić information content (AvgIpc) is 2.89. The molecule has 25 heavy (non-hydrogen) atoms. The molecule has 0 N–H and O–H groups in total. The van der Waals surface area contributed by atoms with Crippen LogP contribution in [0.4, 0.5) is 13.2 Å². The Morgan fingerprint density at radius 3 is 2.32 bits per heavy atom. The number of hydrogen-bond donors (Lipinski definition) is 0. The molecule has 0 amide bonds. The van der Waals surface area contributed by atoms with Crippen molar-refractivity contribution in [3.05, 3.63) is 59.5 Å². The summed E-state index contributed by atoms with van der Waals surface area (Å²) in [6.07, 6.45) is -4.41. The van der Waals surface area contributed by atoms with Gasteiger partial charge in [0.2, 0.25) is 0 Å². The molecule has 0 aliphatic carbocycles. The summed E-state index contributed by atoms with van der Waals surface area (Å²) >= 11 is 0. The third-order valence-corrected chi connectivity index (χ3v) is 5.73. The number of aryl methyl sites for hydroxylation is 2. The summed E-state index contributed by atoms with van der Waals surface area (Å²) in [7, 11) is -4.02. The first-order chi connectivity index (χ1) is 11.7. The number of benzene rings is 1. The summed E-state index contributed by atoms with van der Waals surface area (Å²) < 4.78 is 67.0. The zero-order chi connectivity index (χ0) is 18.4. The summed E-state index contributed by atoms with van der Waals surface area (Å²) in [5.41, 5.74) is -0.700. The van der Waals surface area contributed by atoms with E-state index in [9.17, 15) is 21.6 Å². The van der Waals surface area contributed by atoms with Gasteiger partial charge in [-0.05, 0) is 37.6 Å². The zero-order valence-electron chi connectivity index (χ0n) is 13.5. The molecule has 3 rings (SSSR count). The lowest BCUT2D eigenvalue weighted by Gasteiger charge is -2.12. The number of fused-ring (bicyclic) bond motifs is 1. The highest BCUT2D eigenvalue weighted by Gasteiger charge is 2.37. The number of aromatic nitrogens is 2. The van der Waals surface area contributed by atoms with E-state index in [1.165, 1.54) is 31.2 Å². The summed E-state index contributed by atoms with van der Waals surface area (Å²) in [6.45, 7) is 3.13. The Labute approximate surface area is 143 Å². The van der Waals surface area contributed by atoms with Crippen LogP contribution in [-0.2, 0) is 22.6 Å². The molecule has 0 aliphatic heterocycles. The van der Waals surface area contributed by atoms with E-state index in [1.807, 2.05) is 0 Å². The molecule has 2 aromatic heterocycles. The minimum absolute atomic E-state index is 0.0130. The van der Waals surface area contributed by atoms with Gasteiger partial charge >= 0.3 is 6.18 Å². The number of rotatable bonds is 3. The van der Waals surface area contributed by atoms with Gasteiger partial charge in [0.15, 0.2) is 5.69 Å². The molecule has 132 valence electrons. The second-order valence-corrected chi connectivity index (χ2v) is 7.40. The van der Waals surface area contributed by atoms with E-state index in [4.69, 9.17) is 0 Å². The molecular formula is C17H15F3N2O2S. The minimum Gasteiger partial charge on any atom is -0.248 e. The molecule has 0 spiro atoms. The lowest BCUT2D eigenvalue weighted by molar-refractivity contribution is -0.139. The van der Waals surface area contributed by atoms with Crippen LogP contribution >= 0.6 is 0 Å². The molecule has 0 atom stereocenters. The van der Waals surface area contributed by atoms with E-state index in [2.05, 4.69) is 4.98 Å². The monoisotopic (exact) mass is 368 g/mol. The van der Waals surface area contributed by atoms with Crippen LogP contribution < -0.4 is 0 Å². The van der Waals surface area contributed by atoms with Crippen molar-refractivity contribution in [1.29, 1.82) is 0 Å². The highest BCUT2D eigenvalue weighted by molar-refractivity contribution is 7.90. The zero-order valence-corrected chi connectivity index (χ0v) is 14.3. The molecule has 1 aromatic carbocycles. The first-order valence-electron chi connectivity index (χ1n) is 7.56. The van der Waals surface area contributed by atoms with Gasteiger partial charge in [0.05, 0.1) is 10.4 Å². The third-order valence-electron chi connectivity index (χ3n) is 3.89. The predicted octanol–water partition coefficient (Wildman–Crippen LogP) is 4.16. The molecular weight excluding hydrogens is 353 g/mol. The smallest absolute Gasteiger partial charge is 0.248 e. The van der Waals surface area contributed by atoms with Gasteiger partial charge in [0.1, 0.15) is 0 Å². The van der Waals surface area contributed by atoms with Gasteiger partial charge in [-0.1, -0.05) is 25.1 Å². The van der Waals surface area contributed by atoms with Gasteiger partial charge in [0, 0.05) is 16.8 Å². The standard InChI is InChI=1S/C17H15F3N2O2S/c1-3-12-10-15-14(16(21-12)17(18,19)20)9-11(2)22(15)25(23,24)13-7-5-4-6-8-13/h4-10H,3H2,1-2H3. The van der Waals surface area contributed by atoms with Crippen molar-refractivity contribution in [2.24, 2.45) is 0 Å². The number of alkyl halides is 3. The SMILES string of the molecule is CCc1cc2c(cc(C)n2S(=O)(=O)c2ccccc2)c(C(F)(F)F)n1. The van der Waals surface area contributed by atoms with Crippen LogP contribution in [-0.4, -0.2) is 17.4 Å². The summed E-state index contributed by atoms with van der Waals surface area (Å²) in [5.74, 6) is 0. The van der Waals surface area contributed by atoms with Gasteiger partial charge in [-0.25, -0.2) is 17.4 Å². The van der Waals surface area contributed by atoms with E-state index in [-0.39, 0.29) is 33.6 Å². The van der Waals surface area contributed by atoms with E-state index in [0.717, 1.165) is 3.97 Å². The summed E-state index contributed by atoms with van der Waals surface area (Å²) in [5, 5.41) is -0.221. The van der Waals surface area contributed by atoms with E-state index >= 15 is 0 Å².